The number of hydrogen-bond donors (Lipinski definition) is 2. The second-order valence-electron chi connectivity index (χ2n) is 4.34. The fourth-order valence-electron chi connectivity index (χ4n) is 1.74. The number of rotatable bonds is 6. The highest BCUT2D eigenvalue weighted by atomic mass is 16.5. The highest BCUT2D eigenvalue weighted by Crippen LogP contribution is 2.15. The molecular weight excluding hydrogens is 238 g/mol. The van der Waals surface area contributed by atoms with Crippen molar-refractivity contribution < 1.29 is 4.74 Å². The summed E-state index contributed by atoms with van der Waals surface area (Å²) in [6.45, 7) is 9.77. The molecule has 0 spiro atoms. The Bertz CT molecular complexity index is 421. The Morgan fingerprint density at radius 2 is 1.95 bits per heavy atom. The lowest BCUT2D eigenvalue weighted by molar-refractivity contribution is 0.321. The van der Waals surface area contributed by atoms with Gasteiger partial charge in [0.05, 0.1) is 6.54 Å². The van der Waals surface area contributed by atoms with Gasteiger partial charge in [0.15, 0.2) is 5.96 Å². The summed E-state index contributed by atoms with van der Waals surface area (Å²) in [5.74, 6) is 1.66. The van der Waals surface area contributed by atoms with Crippen molar-refractivity contribution in [1.82, 2.24) is 10.6 Å². The van der Waals surface area contributed by atoms with Crippen LogP contribution >= 0.6 is 0 Å². The number of guanidine groups is 1. The lowest BCUT2D eigenvalue weighted by Gasteiger charge is -2.12. The minimum Gasteiger partial charge on any atom is -0.492 e. The molecule has 4 heteroatoms. The van der Waals surface area contributed by atoms with E-state index in [1.807, 2.05) is 12.1 Å². The van der Waals surface area contributed by atoms with E-state index in [0.29, 0.717) is 19.7 Å². The van der Waals surface area contributed by atoms with Gasteiger partial charge in [0.1, 0.15) is 12.4 Å². The molecule has 0 aliphatic rings. The number of aliphatic imine (C=N–C) groups is 1. The van der Waals surface area contributed by atoms with Gasteiger partial charge in [0, 0.05) is 13.6 Å². The molecule has 0 atom stereocenters. The van der Waals surface area contributed by atoms with Crippen LogP contribution in [-0.4, -0.2) is 32.7 Å². The molecule has 1 aromatic carbocycles. The van der Waals surface area contributed by atoms with Crippen molar-refractivity contribution in [3.63, 3.8) is 0 Å². The van der Waals surface area contributed by atoms with Gasteiger partial charge in [-0.2, -0.15) is 0 Å². The zero-order valence-corrected chi connectivity index (χ0v) is 12.0. The summed E-state index contributed by atoms with van der Waals surface area (Å²) in [7, 11) is 1.74. The Kier molecular flexibility index (Phi) is 6.50. The Morgan fingerprint density at radius 3 is 2.53 bits per heavy atom. The van der Waals surface area contributed by atoms with Gasteiger partial charge >= 0.3 is 0 Å². The smallest absolute Gasteiger partial charge is 0.191 e. The van der Waals surface area contributed by atoms with E-state index >= 15 is 0 Å². The van der Waals surface area contributed by atoms with Crippen LogP contribution in [0, 0.1) is 13.8 Å². The molecule has 1 aromatic rings. The molecule has 0 aliphatic heterocycles. The summed E-state index contributed by atoms with van der Waals surface area (Å²) in [5.41, 5.74) is 2.43. The predicted molar refractivity (Wildman–Crippen MR) is 81.0 cm³/mol. The predicted octanol–water partition coefficient (Wildman–Crippen LogP) is 2.03. The molecule has 19 heavy (non-hydrogen) atoms. The monoisotopic (exact) mass is 261 g/mol. The largest absolute Gasteiger partial charge is 0.492 e. The third-order valence-corrected chi connectivity index (χ3v) is 2.50. The fraction of sp³-hybridized carbons (Fsp3) is 0.400. The Labute approximate surface area is 115 Å². The number of benzene rings is 1. The number of nitrogens with one attached hydrogen (secondary N) is 2. The van der Waals surface area contributed by atoms with Crippen molar-refractivity contribution in [3.05, 3.63) is 42.0 Å². The van der Waals surface area contributed by atoms with Crippen molar-refractivity contribution in [2.24, 2.45) is 4.99 Å². The van der Waals surface area contributed by atoms with E-state index in [0.717, 1.165) is 11.7 Å². The van der Waals surface area contributed by atoms with Crippen molar-refractivity contribution in [1.29, 1.82) is 0 Å². The average molecular weight is 261 g/mol. The number of nitrogens with zero attached hydrogens (tertiary/aromatic N) is 1. The van der Waals surface area contributed by atoms with Gasteiger partial charge in [-0.3, -0.25) is 4.99 Å². The summed E-state index contributed by atoms with van der Waals surface area (Å²) in [6, 6.07) is 6.21. The minimum atomic E-state index is 0.595. The quantitative estimate of drug-likeness (QED) is 0.356. The first-order chi connectivity index (χ1) is 9.15. The minimum absolute atomic E-state index is 0.595. The van der Waals surface area contributed by atoms with E-state index in [-0.39, 0.29) is 0 Å². The third kappa shape index (κ3) is 5.95. The summed E-state index contributed by atoms with van der Waals surface area (Å²) in [6.07, 6.45) is 1.79. The Morgan fingerprint density at radius 1 is 1.26 bits per heavy atom. The van der Waals surface area contributed by atoms with Crippen LogP contribution in [0.15, 0.2) is 35.8 Å². The first-order valence-electron chi connectivity index (χ1n) is 6.42. The van der Waals surface area contributed by atoms with Gasteiger partial charge < -0.3 is 15.4 Å². The second kappa shape index (κ2) is 8.19. The maximum absolute atomic E-state index is 5.70. The van der Waals surface area contributed by atoms with Crippen LogP contribution in [0.25, 0.3) is 0 Å². The van der Waals surface area contributed by atoms with Crippen LogP contribution in [0.2, 0.25) is 0 Å². The molecule has 0 heterocycles. The molecule has 0 radical (unpaired) electrons. The topological polar surface area (TPSA) is 45.7 Å². The van der Waals surface area contributed by atoms with Crippen molar-refractivity contribution in [3.8, 4) is 5.75 Å². The molecule has 0 aromatic heterocycles. The average Bonchev–Trinajstić information content (AvgIpc) is 2.37. The normalized spacial score (nSPS) is 11.0. The van der Waals surface area contributed by atoms with Crippen LogP contribution in [0.5, 0.6) is 5.75 Å². The maximum Gasteiger partial charge on any atom is 0.191 e. The Balaban J connectivity index is 2.32. The van der Waals surface area contributed by atoms with E-state index < -0.39 is 0 Å². The van der Waals surface area contributed by atoms with Crippen molar-refractivity contribution in [2.75, 3.05) is 26.7 Å². The second-order valence-corrected chi connectivity index (χ2v) is 4.34. The van der Waals surface area contributed by atoms with E-state index in [2.05, 4.69) is 42.1 Å². The zero-order chi connectivity index (χ0) is 14.1. The van der Waals surface area contributed by atoms with E-state index in [4.69, 9.17) is 4.74 Å². The maximum atomic E-state index is 5.70. The van der Waals surface area contributed by atoms with Crippen LogP contribution in [0.1, 0.15) is 11.1 Å². The number of hydrogen-bond acceptors (Lipinski definition) is 2. The standard InChI is InChI=1S/C15H23N3O/c1-5-6-17-15(16-4)18-7-8-19-14-10-12(2)9-13(3)11-14/h5,9-11H,1,6-8H2,2-4H3,(H2,16,17,18). The molecular formula is C15H23N3O. The lowest BCUT2D eigenvalue weighted by Crippen LogP contribution is -2.39. The fourth-order valence-corrected chi connectivity index (χ4v) is 1.74. The van der Waals surface area contributed by atoms with Gasteiger partial charge in [-0.15, -0.1) is 6.58 Å². The molecule has 2 N–H and O–H groups in total. The zero-order valence-electron chi connectivity index (χ0n) is 12.0. The summed E-state index contributed by atoms with van der Waals surface area (Å²) >= 11 is 0. The van der Waals surface area contributed by atoms with Crippen LogP contribution in [0.3, 0.4) is 0 Å². The molecule has 0 saturated carbocycles. The molecule has 0 bridgehead atoms. The third-order valence-electron chi connectivity index (χ3n) is 2.50. The lowest BCUT2D eigenvalue weighted by atomic mass is 10.1. The summed E-state index contributed by atoms with van der Waals surface area (Å²) in [4.78, 5) is 4.09. The molecule has 1 rings (SSSR count). The van der Waals surface area contributed by atoms with Crippen molar-refractivity contribution in [2.45, 2.75) is 13.8 Å². The first kappa shape index (κ1) is 15.1. The molecule has 104 valence electrons. The van der Waals surface area contributed by atoms with Crippen LogP contribution in [-0.2, 0) is 0 Å². The van der Waals surface area contributed by atoms with Gasteiger partial charge in [-0.1, -0.05) is 12.1 Å². The SMILES string of the molecule is C=CCNC(=NC)NCCOc1cc(C)cc(C)c1. The van der Waals surface area contributed by atoms with E-state index in [9.17, 15) is 0 Å². The Hall–Kier alpha value is -1.97. The van der Waals surface area contributed by atoms with Crippen molar-refractivity contribution >= 4 is 5.96 Å². The molecule has 0 aliphatic carbocycles. The first-order valence-corrected chi connectivity index (χ1v) is 6.42. The van der Waals surface area contributed by atoms with E-state index in [1.165, 1.54) is 11.1 Å². The van der Waals surface area contributed by atoms with Gasteiger partial charge in [-0.05, 0) is 37.1 Å². The number of aryl methyl sites for hydroxylation is 2. The van der Waals surface area contributed by atoms with Gasteiger partial charge in [-0.25, -0.2) is 0 Å². The highest BCUT2D eigenvalue weighted by molar-refractivity contribution is 5.79. The molecule has 0 amide bonds. The molecule has 0 saturated heterocycles. The highest BCUT2D eigenvalue weighted by Gasteiger charge is 1.98. The number of ether oxygens (including phenoxy) is 1. The molecule has 0 unspecified atom stereocenters. The summed E-state index contributed by atoms with van der Waals surface area (Å²) in [5, 5.41) is 6.27. The molecule has 4 nitrogen and oxygen atoms in total. The van der Waals surface area contributed by atoms with E-state index in [1.54, 1.807) is 13.1 Å². The van der Waals surface area contributed by atoms with Crippen LogP contribution < -0.4 is 15.4 Å². The van der Waals surface area contributed by atoms with Gasteiger partial charge in [0.25, 0.3) is 0 Å². The van der Waals surface area contributed by atoms with Crippen LogP contribution in [0.4, 0.5) is 0 Å². The molecule has 0 fully saturated rings. The summed E-state index contributed by atoms with van der Waals surface area (Å²) < 4.78 is 5.70. The van der Waals surface area contributed by atoms with Gasteiger partial charge in [0.2, 0.25) is 0 Å².